The largest absolute Gasteiger partial charge is 0.233 e. The van der Waals surface area contributed by atoms with Crippen molar-refractivity contribution in [3.8, 4) is 0 Å². The number of rotatable bonds is 4. The molecule has 0 heterocycles. The van der Waals surface area contributed by atoms with E-state index in [4.69, 9.17) is 0 Å². The maximum Gasteiger partial charge on any atom is 0.0902 e. The van der Waals surface area contributed by atoms with Gasteiger partial charge in [0.25, 0.3) is 0 Å². The van der Waals surface area contributed by atoms with Gasteiger partial charge in [0.2, 0.25) is 0 Å². The molecule has 2 atom stereocenters. The van der Waals surface area contributed by atoms with Gasteiger partial charge in [0.1, 0.15) is 0 Å². The van der Waals surface area contributed by atoms with Crippen LogP contribution in [-0.4, -0.2) is 15.3 Å². The Morgan fingerprint density at radius 1 is 1.36 bits per heavy atom. The third kappa shape index (κ3) is 6.12. The Kier molecular flexibility index (Phi) is 5.23. The molecule has 1 nitrogen and oxygen atoms in total. The number of hydrogen-bond acceptors (Lipinski definition) is 0. The van der Waals surface area contributed by atoms with Crippen LogP contribution in [0.5, 0.6) is 0 Å². The lowest BCUT2D eigenvalue weighted by Crippen LogP contribution is -2.24. The van der Waals surface area contributed by atoms with Crippen LogP contribution in [0.15, 0.2) is 0 Å². The Morgan fingerprint density at radius 3 is 2.09 bits per heavy atom. The number of halogens is 2. The molecule has 0 spiro atoms. The van der Waals surface area contributed by atoms with Gasteiger partial charge in [0, 0.05) is 9.15 Å². The SMILES string of the molecule is CC([O])CCC(Br)C(C)(C)Br. The molecule has 0 saturated carbocycles. The Labute approximate surface area is 85.8 Å². The van der Waals surface area contributed by atoms with E-state index in [0.717, 1.165) is 12.8 Å². The highest BCUT2D eigenvalue weighted by Crippen LogP contribution is 2.30. The van der Waals surface area contributed by atoms with Gasteiger partial charge in [-0.15, -0.1) is 0 Å². The van der Waals surface area contributed by atoms with Gasteiger partial charge in [-0.1, -0.05) is 31.9 Å². The lowest BCUT2D eigenvalue weighted by atomic mass is 10.0. The van der Waals surface area contributed by atoms with E-state index in [9.17, 15) is 5.11 Å². The fourth-order valence-corrected chi connectivity index (χ4v) is 1.22. The molecule has 0 aromatic heterocycles. The van der Waals surface area contributed by atoms with E-state index in [2.05, 4.69) is 45.7 Å². The van der Waals surface area contributed by atoms with E-state index in [1.54, 1.807) is 6.92 Å². The third-order valence-corrected chi connectivity index (χ3v) is 4.34. The molecule has 0 N–H and O–H groups in total. The van der Waals surface area contributed by atoms with Crippen LogP contribution in [0.2, 0.25) is 0 Å². The number of alkyl halides is 2. The van der Waals surface area contributed by atoms with Crippen molar-refractivity contribution in [3.05, 3.63) is 0 Å². The monoisotopic (exact) mass is 285 g/mol. The van der Waals surface area contributed by atoms with Gasteiger partial charge in [0.05, 0.1) is 6.10 Å². The quantitative estimate of drug-likeness (QED) is 0.705. The zero-order valence-corrected chi connectivity index (χ0v) is 10.4. The lowest BCUT2D eigenvalue weighted by molar-refractivity contribution is 0.0953. The molecule has 0 aliphatic carbocycles. The summed E-state index contributed by atoms with van der Waals surface area (Å²) >= 11 is 7.09. The minimum atomic E-state index is -0.440. The van der Waals surface area contributed by atoms with Crippen molar-refractivity contribution in [2.24, 2.45) is 0 Å². The second kappa shape index (κ2) is 4.83. The van der Waals surface area contributed by atoms with Gasteiger partial charge < -0.3 is 0 Å². The molecule has 0 aliphatic heterocycles. The van der Waals surface area contributed by atoms with Crippen LogP contribution in [0, 0.1) is 0 Å². The van der Waals surface area contributed by atoms with E-state index < -0.39 is 6.10 Å². The molecule has 0 bridgehead atoms. The molecular weight excluding hydrogens is 272 g/mol. The van der Waals surface area contributed by atoms with Crippen LogP contribution < -0.4 is 0 Å². The van der Waals surface area contributed by atoms with Gasteiger partial charge in [-0.2, -0.15) is 0 Å². The first-order valence-electron chi connectivity index (χ1n) is 3.83. The summed E-state index contributed by atoms with van der Waals surface area (Å²) < 4.78 is 0.0852. The average molecular weight is 287 g/mol. The smallest absolute Gasteiger partial charge is 0.0902 e. The molecule has 3 heteroatoms. The molecule has 2 unspecified atom stereocenters. The van der Waals surface area contributed by atoms with E-state index in [1.807, 2.05) is 0 Å². The van der Waals surface area contributed by atoms with Crippen molar-refractivity contribution in [3.63, 3.8) is 0 Å². The van der Waals surface area contributed by atoms with Gasteiger partial charge in [-0.05, 0) is 33.6 Å². The number of hydrogen-bond donors (Lipinski definition) is 0. The summed E-state index contributed by atoms with van der Waals surface area (Å²) in [6.45, 7) is 5.91. The summed E-state index contributed by atoms with van der Waals surface area (Å²) in [4.78, 5) is 0.381. The topological polar surface area (TPSA) is 19.9 Å². The molecule has 0 aliphatic rings. The standard InChI is InChI=1S/C8H15Br2O/c1-6(11)4-5-7(9)8(2,3)10/h6-7H,4-5H2,1-3H3. The first-order valence-corrected chi connectivity index (χ1v) is 5.53. The molecule has 67 valence electrons. The van der Waals surface area contributed by atoms with Crippen LogP contribution in [0.1, 0.15) is 33.6 Å². The second-order valence-electron chi connectivity index (χ2n) is 3.42. The van der Waals surface area contributed by atoms with Gasteiger partial charge in [0.15, 0.2) is 0 Å². The molecule has 0 aromatic rings. The van der Waals surface area contributed by atoms with E-state index in [0.29, 0.717) is 4.83 Å². The van der Waals surface area contributed by atoms with Crippen molar-refractivity contribution < 1.29 is 5.11 Å². The summed E-state index contributed by atoms with van der Waals surface area (Å²) in [5.74, 6) is 0. The summed E-state index contributed by atoms with van der Waals surface area (Å²) in [6, 6.07) is 0. The highest BCUT2D eigenvalue weighted by Gasteiger charge is 2.23. The third-order valence-electron chi connectivity index (χ3n) is 1.57. The Morgan fingerprint density at radius 2 is 1.82 bits per heavy atom. The minimum absolute atomic E-state index is 0.0852. The highest BCUT2D eigenvalue weighted by molar-refractivity contribution is 9.12. The van der Waals surface area contributed by atoms with Crippen LogP contribution in [-0.2, 0) is 5.11 Å². The first kappa shape index (κ1) is 11.9. The predicted molar refractivity (Wildman–Crippen MR) is 55.1 cm³/mol. The normalized spacial score (nSPS) is 18.0. The maximum absolute atomic E-state index is 10.7. The summed E-state index contributed by atoms with van der Waals surface area (Å²) in [5, 5.41) is 10.7. The average Bonchev–Trinajstić information content (AvgIpc) is 1.80. The van der Waals surface area contributed by atoms with Crippen LogP contribution in [0.4, 0.5) is 0 Å². The second-order valence-corrected chi connectivity index (χ2v) is 6.57. The molecule has 0 fully saturated rings. The van der Waals surface area contributed by atoms with Gasteiger partial charge >= 0.3 is 0 Å². The molecule has 0 amide bonds. The zero-order chi connectivity index (χ0) is 9.07. The van der Waals surface area contributed by atoms with E-state index in [-0.39, 0.29) is 4.32 Å². The Bertz CT molecular complexity index is 107. The fourth-order valence-electron chi connectivity index (χ4n) is 0.724. The predicted octanol–water partition coefficient (Wildman–Crippen LogP) is 3.52. The summed E-state index contributed by atoms with van der Waals surface area (Å²) in [6.07, 6.45) is 1.23. The van der Waals surface area contributed by atoms with Crippen LogP contribution in [0.25, 0.3) is 0 Å². The van der Waals surface area contributed by atoms with Crippen LogP contribution >= 0.6 is 31.9 Å². The first-order chi connectivity index (χ1) is 4.84. The van der Waals surface area contributed by atoms with Crippen molar-refractivity contribution >= 4 is 31.9 Å². The van der Waals surface area contributed by atoms with E-state index >= 15 is 0 Å². The summed E-state index contributed by atoms with van der Waals surface area (Å²) in [5.41, 5.74) is 0. The van der Waals surface area contributed by atoms with E-state index in [1.165, 1.54) is 0 Å². The molecule has 0 rings (SSSR count). The van der Waals surface area contributed by atoms with Gasteiger partial charge in [-0.25, -0.2) is 5.11 Å². The molecular formula is C8H15Br2O. The van der Waals surface area contributed by atoms with Crippen molar-refractivity contribution in [2.45, 2.75) is 48.9 Å². The maximum atomic E-state index is 10.7. The molecule has 11 heavy (non-hydrogen) atoms. The van der Waals surface area contributed by atoms with Crippen molar-refractivity contribution in [1.29, 1.82) is 0 Å². The lowest BCUT2D eigenvalue weighted by Gasteiger charge is -2.23. The fraction of sp³-hybridized carbons (Fsp3) is 1.00. The Hall–Kier alpha value is 0.920. The summed E-state index contributed by atoms with van der Waals surface area (Å²) in [7, 11) is 0. The van der Waals surface area contributed by atoms with Gasteiger partial charge in [-0.3, -0.25) is 0 Å². The van der Waals surface area contributed by atoms with Crippen molar-refractivity contribution in [2.75, 3.05) is 0 Å². The molecule has 0 saturated heterocycles. The molecule has 0 aromatic carbocycles. The zero-order valence-electron chi connectivity index (χ0n) is 7.23. The highest BCUT2D eigenvalue weighted by atomic mass is 79.9. The minimum Gasteiger partial charge on any atom is -0.233 e. The Balaban J connectivity index is 3.61. The van der Waals surface area contributed by atoms with Crippen molar-refractivity contribution in [1.82, 2.24) is 0 Å². The van der Waals surface area contributed by atoms with Crippen LogP contribution in [0.3, 0.4) is 0 Å². The molecule has 1 radical (unpaired) electrons.